The molecule has 2 aromatic rings. The molecule has 2 aromatic heterocycles. The van der Waals surface area contributed by atoms with E-state index in [1.807, 2.05) is 25.3 Å². The first-order valence-corrected chi connectivity index (χ1v) is 5.04. The fourth-order valence-corrected chi connectivity index (χ4v) is 1.72. The lowest BCUT2D eigenvalue weighted by Gasteiger charge is -1.99. The summed E-state index contributed by atoms with van der Waals surface area (Å²) in [5.74, 6) is -0.318. The number of aromatic nitrogens is 2. The molecule has 0 aliphatic rings. The molecule has 5 heteroatoms. The number of imidazole rings is 1. The van der Waals surface area contributed by atoms with Crippen LogP contribution in [0.3, 0.4) is 0 Å². The largest absolute Gasteiger partial charge is 0.476 e. The van der Waals surface area contributed by atoms with Gasteiger partial charge in [-0.05, 0) is 31.2 Å². The maximum atomic E-state index is 11.0. The SMILES string of the molecule is Cc1ccn2c(CCN)nc(C(=O)O)c2c1. The number of aryl methyl sites for hydroxylation is 1. The summed E-state index contributed by atoms with van der Waals surface area (Å²) in [5.41, 5.74) is 7.19. The molecule has 2 rings (SSSR count). The molecule has 0 amide bonds. The van der Waals surface area contributed by atoms with Crippen molar-refractivity contribution in [2.75, 3.05) is 6.54 Å². The van der Waals surface area contributed by atoms with Gasteiger partial charge in [0.15, 0.2) is 5.69 Å². The summed E-state index contributed by atoms with van der Waals surface area (Å²) < 4.78 is 1.78. The van der Waals surface area contributed by atoms with Gasteiger partial charge in [0.25, 0.3) is 0 Å². The van der Waals surface area contributed by atoms with Gasteiger partial charge in [-0.3, -0.25) is 0 Å². The van der Waals surface area contributed by atoms with Gasteiger partial charge in [-0.2, -0.15) is 0 Å². The summed E-state index contributed by atoms with van der Waals surface area (Å²) in [4.78, 5) is 15.1. The molecule has 0 bridgehead atoms. The van der Waals surface area contributed by atoms with E-state index in [9.17, 15) is 4.79 Å². The predicted octanol–water partition coefficient (Wildman–Crippen LogP) is 0.842. The molecule has 0 aromatic carbocycles. The Morgan fingerprint density at radius 1 is 1.62 bits per heavy atom. The van der Waals surface area contributed by atoms with Crippen molar-refractivity contribution in [3.05, 3.63) is 35.4 Å². The Balaban J connectivity index is 2.71. The van der Waals surface area contributed by atoms with Crippen molar-refractivity contribution in [3.63, 3.8) is 0 Å². The number of hydrogen-bond acceptors (Lipinski definition) is 3. The molecule has 0 saturated heterocycles. The van der Waals surface area contributed by atoms with Crippen molar-refractivity contribution in [2.45, 2.75) is 13.3 Å². The third-order valence-electron chi connectivity index (χ3n) is 2.44. The molecule has 0 spiro atoms. The Bertz CT molecular complexity index is 545. The molecule has 0 atom stereocenters. The van der Waals surface area contributed by atoms with Crippen LogP contribution in [0, 0.1) is 6.92 Å². The lowest BCUT2D eigenvalue weighted by atomic mass is 10.2. The van der Waals surface area contributed by atoms with E-state index in [4.69, 9.17) is 10.8 Å². The Kier molecular flexibility index (Phi) is 2.62. The van der Waals surface area contributed by atoms with Gasteiger partial charge in [0, 0.05) is 12.6 Å². The second kappa shape index (κ2) is 3.94. The molecular formula is C11H13N3O2. The van der Waals surface area contributed by atoms with Gasteiger partial charge in [-0.25, -0.2) is 9.78 Å². The number of carbonyl (C=O) groups is 1. The number of carboxylic acid groups (broad SMARTS) is 1. The van der Waals surface area contributed by atoms with Gasteiger partial charge in [0.2, 0.25) is 0 Å². The Labute approximate surface area is 92.5 Å². The standard InChI is InChI=1S/C11H13N3O2/c1-7-3-5-14-8(6-7)10(11(15)16)13-9(14)2-4-12/h3,5-6H,2,4,12H2,1H3,(H,15,16). The smallest absolute Gasteiger partial charge is 0.356 e. The van der Waals surface area contributed by atoms with Crippen LogP contribution in [-0.4, -0.2) is 27.0 Å². The van der Waals surface area contributed by atoms with E-state index in [-0.39, 0.29) is 5.69 Å². The van der Waals surface area contributed by atoms with E-state index >= 15 is 0 Å². The van der Waals surface area contributed by atoms with E-state index in [0.717, 1.165) is 5.56 Å². The number of carboxylic acids is 1. The number of rotatable bonds is 3. The molecule has 5 nitrogen and oxygen atoms in total. The second-order valence-electron chi connectivity index (χ2n) is 3.68. The maximum absolute atomic E-state index is 11.0. The van der Waals surface area contributed by atoms with Crippen LogP contribution >= 0.6 is 0 Å². The van der Waals surface area contributed by atoms with Crippen molar-refractivity contribution in [2.24, 2.45) is 5.73 Å². The first-order chi connectivity index (χ1) is 7.63. The molecule has 0 saturated carbocycles. The highest BCUT2D eigenvalue weighted by Crippen LogP contribution is 2.15. The lowest BCUT2D eigenvalue weighted by molar-refractivity contribution is 0.0693. The molecule has 84 valence electrons. The van der Waals surface area contributed by atoms with Crippen molar-refractivity contribution in [3.8, 4) is 0 Å². The summed E-state index contributed by atoms with van der Waals surface area (Å²) in [7, 11) is 0. The van der Waals surface area contributed by atoms with Crippen LogP contribution in [0.15, 0.2) is 18.3 Å². The molecule has 16 heavy (non-hydrogen) atoms. The Morgan fingerprint density at radius 3 is 3.00 bits per heavy atom. The maximum Gasteiger partial charge on any atom is 0.356 e. The van der Waals surface area contributed by atoms with Crippen molar-refractivity contribution < 1.29 is 9.90 Å². The summed E-state index contributed by atoms with van der Waals surface area (Å²) >= 11 is 0. The minimum Gasteiger partial charge on any atom is -0.476 e. The number of aromatic carboxylic acids is 1. The fraction of sp³-hybridized carbons (Fsp3) is 0.273. The fourth-order valence-electron chi connectivity index (χ4n) is 1.72. The van der Waals surface area contributed by atoms with E-state index in [0.29, 0.717) is 24.3 Å². The third-order valence-corrected chi connectivity index (χ3v) is 2.44. The topological polar surface area (TPSA) is 80.6 Å². The molecule has 0 radical (unpaired) electrons. The summed E-state index contributed by atoms with van der Waals surface area (Å²) in [6.45, 7) is 2.37. The quantitative estimate of drug-likeness (QED) is 0.801. The average Bonchev–Trinajstić information content (AvgIpc) is 2.57. The second-order valence-corrected chi connectivity index (χ2v) is 3.68. The van der Waals surface area contributed by atoms with E-state index < -0.39 is 5.97 Å². The van der Waals surface area contributed by atoms with Gasteiger partial charge < -0.3 is 15.2 Å². The summed E-state index contributed by atoms with van der Waals surface area (Å²) in [5, 5.41) is 9.05. The van der Waals surface area contributed by atoms with Crippen LogP contribution in [0.2, 0.25) is 0 Å². The van der Waals surface area contributed by atoms with E-state index in [1.165, 1.54) is 0 Å². The highest BCUT2D eigenvalue weighted by Gasteiger charge is 2.15. The molecule has 2 heterocycles. The number of fused-ring (bicyclic) bond motifs is 1. The minimum absolute atomic E-state index is 0.0900. The zero-order chi connectivity index (χ0) is 11.7. The molecule has 3 N–H and O–H groups in total. The Morgan fingerprint density at radius 2 is 2.38 bits per heavy atom. The minimum atomic E-state index is -1.01. The highest BCUT2D eigenvalue weighted by molar-refractivity contribution is 5.93. The van der Waals surface area contributed by atoms with Gasteiger partial charge >= 0.3 is 5.97 Å². The number of nitrogens with two attached hydrogens (primary N) is 1. The number of hydrogen-bond donors (Lipinski definition) is 2. The van der Waals surface area contributed by atoms with Crippen LogP contribution in [0.4, 0.5) is 0 Å². The van der Waals surface area contributed by atoms with Crippen molar-refractivity contribution in [1.29, 1.82) is 0 Å². The van der Waals surface area contributed by atoms with Gasteiger partial charge in [-0.1, -0.05) is 0 Å². The number of pyridine rings is 1. The zero-order valence-electron chi connectivity index (χ0n) is 8.97. The lowest BCUT2D eigenvalue weighted by Crippen LogP contribution is -2.06. The summed E-state index contributed by atoms with van der Waals surface area (Å²) in [6.07, 6.45) is 2.40. The predicted molar refractivity (Wildman–Crippen MR) is 59.6 cm³/mol. The number of nitrogens with zero attached hydrogens (tertiary/aromatic N) is 2. The van der Waals surface area contributed by atoms with Crippen LogP contribution < -0.4 is 5.73 Å². The van der Waals surface area contributed by atoms with E-state index in [2.05, 4.69) is 4.98 Å². The first kappa shape index (κ1) is 10.6. The Hall–Kier alpha value is -1.88. The molecular weight excluding hydrogens is 206 g/mol. The highest BCUT2D eigenvalue weighted by atomic mass is 16.4. The van der Waals surface area contributed by atoms with Gasteiger partial charge in [-0.15, -0.1) is 0 Å². The van der Waals surface area contributed by atoms with E-state index in [1.54, 1.807) is 4.40 Å². The van der Waals surface area contributed by atoms with Crippen molar-refractivity contribution in [1.82, 2.24) is 9.38 Å². The van der Waals surface area contributed by atoms with Gasteiger partial charge in [0.1, 0.15) is 5.82 Å². The monoisotopic (exact) mass is 219 g/mol. The molecule has 0 fully saturated rings. The summed E-state index contributed by atoms with van der Waals surface area (Å²) in [6, 6.07) is 3.73. The van der Waals surface area contributed by atoms with Crippen LogP contribution in [0.25, 0.3) is 5.52 Å². The van der Waals surface area contributed by atoms with Gasteiger partial charge in [0.05, 0.1) is 5.52 Å². The first-order valence-electron chi connectivity index (χ1n) is 5.04. The normalized spacial score (nSPS) is 10.9. The van der Waals surface area contributed by atoms with Crippen LogP contribution in [-0.2, 0) is 6.42 Å². The third kappa shape index (κ3) is 1.65. The zero-order valence-corrected chi connectivity index (χ0v) is 8.97. The average molecular weight is 219 g/mol. The van der Waals surface area contributed by atoms with Crippen LogP contribution in [0.1, 0.15) is 21.9 Å². The molecule has 0 aliphatic heterocycles. The molecule has 0 aliphatic carbocycles. The van der Waals surface area contributed by atoms with Crippen molar-refractivity contribution >= 4 is 11.5 Å². The molecule has 0 unspecified atom stereocenters. The van der Waals surface area contributed by atoms with Crippen LogP contribution in [0.5, 0.6) is 0 Å².